The van der Waals surface area contributed by atoms with Crippen molar-refractivity contribution in [3.05, 3.63) is 84.7 Å². The third-order valence-electron chi connectivity index (χ3n) is 6.29. The van der Waals surface area contributed by atoms with E-state index in [2.05, 4.69) is 20.3 Å². The van der Waals surface area contributed by atoms with Crippen molar-refractivity contribution >= 4 is 21.1 Å². The van der Waals surface area contributed by atoms with Crippen molar-refractivity contribution in [3.8, 4) is 11.4 Å². The number of sulfonamides is 1. The summed E-state index contributed by atoms with van der Waals surface area (Å²) < 4.78 is 35.7. The van der Waals surface area contributed by atoms with E-state index in [1.54, 1.807) is 31.4 Å². The molecule has 0 aliphatic carbocycles. The molecule has 7 nitrogen and oxygen atoms in total. The Hall–Kier alpha value is -3.20. The van der Waals surface area contributed by atoms with E-state index in [0.29, 0.717) is 11.4 Å². The molecular weight excluding hydrogens is 448 g/mol. The Morgan fingerprint density at radius 1 is 0.941 bits per heavy atom. The summed E-state index contributed by atoms with van der Waals surface area (Å²) in [4.78, 5) is 7.57. The Kier molecular flexibility index (Phi) is 6.36. The van der Waals surface area contributed by atoms with Crippen LogP contribution in [0.25, 0.3) is 16.7 Å². The number of imidazole rings is 1. The molecule has 1 N–H and O–H groups in total. The fourth-order valence-electron chi connectivity index (χ4n) is 4.50. The maximum absolute atomic E-state index is 12.7. The average Bonchev–Trinajstić information content (AvgIpc) is 3.23. The van der Waals surface area contributed by atoms with Gasteiger partial charge in [-0.3, -0.25) is 9.47 Å². The molecule has 1 aliphatic heterocycles. The number of hydrogen-bond acceptors (Lipinski definition) is 5. The Bertz CT molecular complexity index is 1360. The monoisotopic (exact) mass is 476 g/mol. The molecule has 2 heterocycles. The molecule has 34 heavy (non-hydrogen) atoms. The lowest BCUT2D eigenvalue weighted by Crippen LogP contribution is -2.44. The number of hydrogen-bond donors (Lipinski definition) is 1. The van der Waals surface area contributed by atoms with Crippen molar-refractivity contribution in [1.82, 2.24) is 19.2 Å². The Morgan fingerprint density at radius 3 is 2.32 bits per heavy atom. The number of methoxy groups -OCH3 is 1. The minimum atomic E-state index is -3.50. The molecule has 0 amide bonds. The van der Waals surface area contributed by atoms with Crippen LogP contribution in [0, 0.1) is 0 Å². The molecule has 5 rings (SSSR count). The number of benzene rings is 3. The number of para-hydroxylation sites is 2. The highest BCUT2D eigenvalue weighted by Crippen LogP contribution is 2.25. The SMILES string of the molecule is COc1ccc(-n2c(CN3CCC(NS(=O)(=O)c4ccccc4)CC3)nc3ccccc32)cc1. The number of nitrogens with zero attached hydrogens (tertiary/aromatic N) is 3. The summed E-state index contributed by atoms with van der Waals surface area (Å²) in [6, 6.07) is 24.6. The van der Waals surface area contributed by atoms with Crippen molar-refractivity contribution in [1.29, 1.82) is 0 Å². The van der Waals surface area contributed by atoms with E-state index < -0.39 is 10.0 Å². The van der Waals surface area contributed by atoms with E-state index in [9.17, 15) is 8.42 Å². The van der Waals surface area contributed by atoms with Crippen molar-refractivity contribution in [2.45, 2.75) is 30.3 Å². The molecule has 3 aromatic carbocycles. The smallest absolute Gasteiger partial charge is 0.240 e. The molecule has 0 saturated carbocycles. The van der Waals surface area contributed by atoms with Crippen molar-refractivity contribution in [3.63, 3.8) is 0 Å². The zero-order chi connectivity index (χ0) is 23.5. The molecule has 1 aromatic heterocycles. The van der Waals surface area contributed by atoms with Gasteiger partial charge in [0, 0.05) is 24.8 Å². The van der Waals surface area contributed by atoms with Gasteiger partial charge in [-0.15, -0.1) is 0 Å². The summed E-state index contributed by atoms with van der Waals surface area (Å²) in [7, 11) is -1.83. The number of aromatic nitrogens is 2. The topological polar surface area (TPSA) is 76.5 Å². The second kappa shape index (κ2) is 9.58. The van der Waals surface area contributed by atoms with Gasteiger partial charge in [0.2, 0.25) is 10.0 Å². The van der Waals surface area contributed by atoms with Gasteiger partial charge in [-0.25, -0.2) is 18.1 Å². The molecule has 8 heteroatoms. The molecule has 1 fully saturated rings. The Labute approximate surface area is 200 Å². The van der Waals surface area contributed by atoms with Crippen molar-refractivity contribution in [2.75, 3.05) is 20.2 Å². The van der Waals surface area contributed by atoms with E-state index >= 15 is 0 Å². The summed E-state index contributed by atoms with van der Waals surface area (Å²) in [5, 5.41) is 0. The highest BCUT2D eigenvalue weighted by atomic mass is 32.2. The van der Waals surface area contributed by atoms with Crippen molar-refractivity contribution in [2.24, 2.45) is 0 Å². The number of likely N-dealkylation sites (tertiary alicyclic amines) is 1. The second-order valence-corrected chi connectivity index (χ2v) is 10.2. The van der Waals surface area contributed by atoms with Crippen LogP contribution in [0.5, 0.6) is 5.75 Å². The zero-order valence-corrected chi connectivity index (χ0v) is 19.9. The van der Waals surface area contributed by atoms with Gasteiger partial charge >= 0.3 is 0 Å². The molecule has 0 bridgehead atoms. The number of fused-ring (bicyclic) bond motifs is 1. The lowest BCUT2D eigenvalue weighted by atomic mass is 10.1. The van der Waals surface area contributed by atoms with Gasteiger partial charge in [0.05, 0.1) is 29.6 Å². The molecular formula is C26H28N4O3S. The van der Waals surface area contributed by atoms with Gasteiger partial charge in [-0.1, -0.05) is 30.3 Å². The third-order valence-corrected chi connectivity index (χ3v) is 7.83. The van der Waals surface area contributed by atoms with Gasteiger partial charge < -0.3 is 4.74 Å². The lowest BCUT2D eigenvalue weighted by molar-refractivity contribution is 0.195. The summed E-state index contributed by atoms with van der Waals surface area (Å²) >= 11 is 0. The number of piperidine rings is 1. The van der Waals surface area contributed by atoms with Gasteiger partial charge in [0.15, 0.2) is 0 Å². The summed E-state index contributed by atoms with van der Waals surface area (Å²) in [6.45, 7) is 2.29. The predicted molar refractivity (Wildman–Crippen MR) is 133 cm³/mol. The fraction of sp³-hybridized carbons (Fsp3) is 0.269. The van der Waals surface area contributed by atoms with Crippen LogP contribution in [0.15, 0.2) is 83.8 Å². The van der Waals surface area contributed by atoms with Gasteiger partial charge in [0.1, 0.15) is 11.6 Å². The first kappa shape index (κ1) is 22.6. The van der Waals surface area contributed by atoms with Crippen LogP contribution in [-0.2, 0) is 16.6 Å². The largest absolute Gasteiger partial charge is 0.497 e. The maximum Gasteiger partial charge on any atom is 0.240 e. The molecule has 0 unspecified atom stereocenters. The Balaban J connectivity index is 1.31. The first-order valence-electron chi connectivity index (χ1n) is 11.4. The minimum Gasteiger partial charge on any atom is -0.497 e. The lowest BCUT2D eigenvalue weighted by Gasteiger charge is -2.32. The average molecular weight is 477 g/mol. The zero-order valence-electron chi connectivity index (χ0n) is 19.1. The second-order valence-electron chi connectivity index (χ2n) is 8.53. The minimum absolute atomic E-state index is 0.0677. The number of ether oxygens (including phenoxy) is 1. The van der Waals surface area contributed by atoms with Crippen LogP contribution in [-0.4, -0.2) is 49.1 Å². The van der Waals surface area contributed by atoms with E-state index in [0.717, 1.165) is 54.2 Å². The van der Waals surface area contributed by atoms with E-state index in [4.69, 9.17) is 9.72 Å². The highest BCUT2D eigenvalue weighted by Gasteiger charge is 2.25. The molecule has 0 spiro atoms. The molecule has 4 aromatic rings. The number of nitrogens with one attached hydrogen (secondary N) is 1. The van der Waals surface area contributed by atoms with Crippen molar-refractivity contribution < 1.29 is 13.2 Å². The standard InChI is InChI=1S/C26H28N4O3S/c1-33-22-13-11-21(12-14-22)30-25-10-6-5-9-24(25)27-26(30)19-29-17-15-20(16-18-29)28-34(31,32)23-7-3-2-4-8-23/h2-14,20,28H,15-19H2,1H3. The highest BCUT2D eigenvalue weighted by molar-refractivity contribution is 7.89. The third kappa shape index (κ3) is 4.70. The van der Waals surface area contributed by atoms with Crippen LogP contribution >= 0.6 is 0 Å². The first-order valence-corrected chi connectivity index (χ1v) is 12.9. The van der Waals surface area contributed by atoms with Crippen LogP contribution in [0.1, 0.15) is 18.7 Å². The molecule has 0 atom stereocenters. The van der Waals surface area contributed by atoms with Gasteiger partial charge in [0.25, 0.3) is 0 Å². The van der Waals surface area contributed by atoms with Gasteiger partial charge in [-0.2, -0.15) is 0 Å². The van der Waals surface area contributed by atoms with E-state index in [-0.39, 0.29) is 6.04 Å². The predicted octanol–water partition coefficient (Wildman–Crippen LogP) is 3.98. The number of rotatable bonds is 7. The Morgan fingerprint density at radius 2 is 1.62 bits per heavy atom. The normalized spacial score (nSPS) is 15.6. The summed E-state index contributed by atoms with van der Waals surface area (Å²) in [5.41, 5.74) is 3.06. The molecule has 1 aliphatic rings. The van der Waals surface area contributed by atoms with Gasteiger partial charge in [-0.05, 0) is 61.4 Å². The molecule has 1 saturated heterocycles. The quantitative estimate of drug-likeness (QED) is 0.437. The molecule has 0 radical (unpaired) electrons. The summed E-state index contributed by atoms with van der Waals surface area (Å²) in [5.74, 6) is 1.78. The van der Waals surface area contributed by atoms with E-state index in [1.165, 1.54) is 0 Å². The van der Waals surface area contributed by atoms with Crippen LogP contribution < -0.4 is 9.46 Å². The first-order chi connectivity index (χ1) is 16.5. The van der Waals surface area contributed by atoms with Crippen LogP contribution in [0.4, 0.5) is 0 Å². The maximum atomic E-state index is 12.7. The summed E-state index contributed by atoms with van der Waals surface area (Å²) in [6.07, 6.45) is 1.52. The van der Waals surface area contributed by atoms with Crippen LogP contribution in [0.2, 0.25) is 0 Å². The fourth-order valence-corrected chi connectivity index (χ4v) is 5.82. The van der Waals surface area contributed by atoms with Crippen LogP contribution in [0.3, 0.4) is 0 Å². The molecule has 176 valence electrons. The van der Waals surface area contributed by atoms with E-state index in [1.807, 2.05) is 48.5 Å².